The lowest BCUT2D eigenvalue weighted by atomic mass is 9.81. The Kier molecular flexibility index (Phi) is 6.89. The van der Waals surface area contributed by atoms with E-state index in [1.807, 2.05) is 0 Å². The monoisotopic (exact) mass is 620 g/mol. The molecule has 12 heteroatoms. The van der Waals surface area contributed by atoms with Crippen LogP contribution in [0.25, 0.3) is 22.3 Å². The first-order valence-corrected chi connectivity index (χ1v) is 15.1. The summed E-state index contributed by atoms with van der Waals surface area (Å²) in [5.41, 5.74) is -0.274. The van der Waals surface area contributed by atoms with Gasteiger partial charge in [0.2, 0.25) is 5.91 Å². The normalized spacial score (nSPS) is 20.2. The average molecular weight is 621 g/mol. The first-order chi connectivity index (χ1) is 21.0. The Balaban J connectivity index is 1.49. The number of aryl methyl sites for hydroxylation is 1. The number of hydrogen-bond acceptors (Lipinski definition) is 8. The lowest BCUT2D eigenvalue weighted by Crippen LogP contribution is -2.56. The highest BCUT2D eigenvalue weighted by atomic mass is 19.1. The maximum atomic E-state index is 15.2. The van der Waals surface area contributed by atoms with Gasteiger partial charge < -0.3 is 29.8 Å². The highest BCUT2D eigenvalue weighted by Crippen LogP contribution is 2.46. The van der Waals surface area contributed by atoms with E-state index >= 15 is 4.39 Å². The van der Waals surface area contributed by atoms with Gasteiger partial charge in [0, 0.05) is 22.6 Å². The molecule has 2 aromatic heterocycles. The van der Waals surface area contributed by atoms with Crippen molar-refractivity contribution in [1.82, 2.24) is 20.2 Å². The van der Waals surface area contributed by atoms with Crippen molar-refractivity contribution in [2.75, 3.05) is 0 Å². The molecule has 2 amide bonds. The van der Waals surface area contributed by atoms with Gasteiger partial charge in [0.1, 0.15) is 23.6 Å². The molecular formula is C33H37FN4O7. The summed E-state index contributed by atoms with van der Waals surface area (Å²) in [4.78, 5) is 57.5. The van der Waals surface area contributed by atoms with Crippen LogP contribution in [0, 0.1) is 12.7 Å². The number of esters is 1. The van der Waals surface area contributed by atoms with Crippen molar-refractivity contribution in [2.24, 2.45) is 0 Å². The highest BCUT2D eigenvalue weighted by molar-refractivity contribution is 5.95. The Morgan fingerprint density at radius 3 is 2.56 bits per heavy atom. The van der Waals surface area contributed by atoms with Crippen molar-refractivity contribution in [1.29, 1.82) is 0 Å². The fourth-order valence-electron chi connectivity index (χ4n) is 6.65. The second-order valence-corrected chi connectivity index (χ2v) is 13.6. The summed E-state index contributed by atoms with van der Waals surface area (Å²) >= 11 is 0. The van der Waals surface area contributed by atoms with Crippen molar-refractivity contribution >= 4 is 28.9 Å². The second kappa shape index (κ2) is 10.1. The maximum Gasteiger partial charge on any atom is 0.408 e. The minimum Gasteiger partial charge on any atom is -0.458 e. The van der Waals surface area contributed by atoms with Gasteiger partial charge in [-0.1, -0.05) is 6.92 Å². The molecule has 0 fully saturated rings. The summed E-state index contributed by atoms with van der Waals surface area (Å²) < 4.78 is 27.2. The number of amides is 2. The summed E-state index contributed by atoms with van der Waals surface area (Å²) in [6, 6.07) is 2.41. The van der Waals surface area contributed by atoms with E-state index in [-0.39, 0.29) is 30.7 Å². The molecule has 2 aliphatic heterocycles. The molecule has 45 heavy (non-hydrogen) atoms. The Labute approximate surface area is 259 Å². The van der Waals surface area contributed by atoms with Gasteiger partial charge in [-0.15, -0.1) is 0 Å². The van der Waals surface area contributed by atoms with Gasteiger partial charge >= 0.3 is 12.1 Å². The number of ether oxygens (including phenoxy) is 2. The van der Waals surface area contributed by atoms with E-state index in [0.717, 1.165) is 16.5 Å². The van der Waals surface area contributed by atoms with Crippen LogP contribution in [0.5, 0.6) is 0 Å². The number of nitrogens with one attached hydrogen (secondary N) is 2. The van der Waals surface area contributed by atoms with Crippen LogP contribution in [0.1, 0.15) is 93.8 Å². The molecule has 0 saturated heterocycles. The van der Waals surface area contributed by atoms with E-state index in [0.29, 0.717) is 40.9 Å². The molecular weight excluding hydrogens is 583 g/mol. The van der Waals surface area contributed by atoms with Crippen LogP contribution in [-0.2, 0) is 44.2 Å². The number of cyclic esters (lactones) is 1. The van der Waals surface area contributed by atoms with E-state index in [1.165, 1.54) is 10.6 Å². The molecule has 6 rings (SSSR count). The number of rotatable bonds is 4. The summed E-state index contributed by atoms with van der Waals surface area (Å²) in [5, 5.41) is 17.7. The van der Waals surface area contributed by atoms with Gasteiger partial charge in [-0.05, 0) is 83.6 Å². The molecule has 0 radical (unpaired) electrons. The van der Waals surface area contributed by atoms with Crippen LogP contribution in [0.3, 0.4) is 0 Å². The Hall–Kier alpha value is -4.32. The fraction of sp³-hybridized carbons (Fsp3) is 0.485. The molecule has 4 heterocycles. The average Bonchev–Trinajstić information content (AvgIpc) is 3.31. The van der Waals surface area contributed by atoms with Gasteiger partial charge in [0.05, 0.1) is 35.1 Å². The molecule has 3 N–H and O–H groups in total. The third kappa shape index (κ3) is 4.77. The third-order valence-corrected chi connectivity index (χ3v) is 9.06. The van der Waals surface area contributed by atoms with Gasteiger partial charge in [0.15, 0.2) is 5.60 Å². The van der Waals surface area contributed by atoms with E-state index in [1.54, 1.807) is 54.5 Å². The maximum absolute atomic E-state index is 15.2. The largest absolute Gasteiger partial charge is 0.458 e. The number of pyridine rings is 2. The van der Waals surface area contributed by atoms with Crippen LogP contribution >= 0.6 is 0 Å². The highest BCUT2D eigenvalue weighted by Gasteiger charge is 2.46. The number of fused-ring (bicyclic) bond motifs is 5. The van der Waals surface area contributed by atoms with Crippen molar-refractivity contribution in [3.8, 4) is 11.4 Å². The number of nitrogens with zero attached hydrogens (tertiary/aromatic N) is 2. The van der Waals surface area contributed by atoms with Crippen molar-refractivity contribution in [3.05, 3.63) is 61.7 Å². The molecule has 0 spiro atoms. The smallest absolute Gasteiger partial charge is 0.408 e. The molecule has 1 aliphatic carbocycles. The van der Waals surface area contributed by atoms with Crippen LogP contribution in [0.2, 0.25) is 0 Å². The molecule has 0 saturated carbocycles. The standard InChI is InChI=1S/C33H37FN4O7/c1-8-33(43)19-11-23-26-17(13-38(23)27(39)18(19)14-44-29(33)41)25-21(10-9-16-15(2)20(34)12-22(35-26)24(16)25)36-28(40)32(6,7)37-30(42)45-31(3,4)5/h11-12,21,43H,8-10,13-14H2,1-7H3,(H,36,40)(H,37,42)/t21-,33-/m0/s1. The van der Waals surface area contributed by atoms with Crippen LogP contribution in [0.15, 0.2) is 16.9 Å². The van der Waals surface area contributed by atoms with Crippen LogP contribution in [0.4, 0.5) is 9.18 Å². The Bertz CT molecular complexity index is 1890. The Morgan fingerprint density at radius 2 is 1.89 bits per heavy atom. The minimum atomic E-state index is -1.99. The first kappa shape index (κ1) is 30.7. The van der Waals surface area contributed by atoms with Crippen molar-refractivity contribution in [2.45, 2.75) is 104 Å². The van der Waals surface area contributed by atoms with E-state index in [9.17, 15) is 24.3 Å². The minimum absolute atomic E-state index is 0.0000524. The van der Waals surface area contributed by atoms with E-state index < -0.39 is 52.1 Å². The molecule has 0 bridgehead atoms. The van der Waals surface area contributed by atoms with Crippen LogP contribution in [-0.4, -0.2) is 43.8 Å². The number of hydrogen-bond donors (Lipinski definition) is 3. The summed E-state index contributed by atoms with van der Waals surface area (Å²) in [5.74, 6) is -1.69. The predicted octanol–water partition coefficient (Wildman–Crippen LogP) is 3.93. The summed E-state index contributed by atoms with van der Waals surface area (Å²) in [7, 11) is 0. The van der Waals surface area contributed by atoms with Crippen molar-refractivity contribution in [3.63, 3.8) is 0 Å². The van der Waals surface area contributed by atoms with E-state index in [2.05, 4.69) is 10.6 Å². The summed E-state index contributed by atoms with van der Waals surface area (Å²) in [6.07, 6.45) is 0.183. The number of halogens is 1. The molecule has 1 aromatic carbocycles. The molecule has 238 valence electrons. The van der Waals surface area contributed by atoms with E-state index in [4.69, 9.17) is 14.5 Å². The second-order valence-electron chi connectivity index (χ2n) is 13.6. The Morgan fingerprint density at radius 1 is 1.18 bits per heavy atom. The molecule has 3 aromatic rings. The number of aliphatic hydroxyl groups is 1. The summed E-state index contributed by atoms with van der Waals surface area (Å²) in [6.45, 7) is 11.5. The number of carbonyl (C=O) groups is 3. The van der Waals surface area contributed by atoms with Gasteiger partial charge in [-0.25, -0.2) is 19.0 Å². The zero-order valence-corrected chi connectivity index (χ0v) is 26.4. The van der Waals surface area contributed by atoms with Gasteiger partial charge in [-0.2, -0.15) is 0 Å². The number of alkyl carbamates (subject to hydrolysis) is 1. The lowest BCUT2D eigenvalue weighted by Gasteiger charge is -2.33. The number of benzene rings is 1. The SMILES string of the molecule is CC[C@@]1(O)C(=O)OCc2c1cc1n(c2=O)Cc2c-1nc1cc(F)c(C)c3c1c2[C@@H](NC(=O)C(C)(C)NC(=O)OC(C)(C)C)CC3. The molecule has 0 unspecified atom stereocenters. The van der Waals surface area contributed by atoms with Crippen molar-refractivity contribution < 1.29 is 33.4 Å². The van der Waals surface area contributed by atoms with Gasteiger partial charge in [-0.3, -0.25) is 9.59 Å². The fourth-order valence-corrected chi connectivity index (χ4v) is 6.65. The quantitative estimate of drug-likeness (QED) is 0.291. The molecule has 3 aliphatic rings. The third-order valence-electron chi connectivity index (χ3n) is 9.06. The topological polar surface area (TPSA) is 149 Å². The zero-order chi connectivity index (χ0) is 32.8. The molecule has 11 nitrogen and oxygen atoms in total. The lowest BCUT2D eigenvalue weighted by molar-refractivity contribution is -0.172. The van der Waals surface area contributed by atoms with Gasteiger partial charge in [0.25, 0.3) is 5.56 Å². The zero-order valence-electron chi connectivity index (χ0n) is 26.4. The van der Waals surface area contributed by atoms with Crippen LogP contribution < -0.4 is 16.2 Å². The number of carbonyl (C=O) groups excluding carboxylic acids is 3. The first-order valence-electron chi connectivity index (χ1n) is 15.1. The number of aromatic nitrogens is 2. The predicted molar refractivity (Wildman–Crippen MR) is 162 cm³/mol. The molecule has 2 atom stereocenters.